The van der Waals surface area contributed by atoms with E-state index in [-0.39, 0.29) is 42.7 Å². The summed E-state index contributed by atoms with van der Waals surface area (Å²) in [5.74, 6) is 0.508. The molecule has 0 saturated heterocycles. The number of thiophene rings is 1. The van der Waals surface area contributed by atoms with Gasteiger partial charge in [0.15, 0.2) is 0 Å². The summed E-state index contributed by atoms with van der Waals surface area (Å²) in [4.78, 5) is 31.6. The third-order valence-corrected chi connectivity index (χ3v) is 7.54. The van der Waals surface area contributed by atoms with Crippen molar-refractivity contribution in [2.75, 3.05) is 26.2 Å². The number of benzene rings is 1. The number of ether oxygens (including phenoxy) is 1. The van der Waals surface area contributed by atoms with Gasteiger partial charge < -0.3 is 14.5 Å². The van der Waals surface area contributed by atoms with Crippen LogP contribution in [0.2, 0.25) is 0 Å². The number of carbonyl (C=O) groups is 2. The molecule has 1 fully saturated rings. The number of nitrogens with zero attached hydrogens (tertiary/aromatic N) is 2. The van der Waals surface area contributed by atoms with Crippen LogP contribution in [0.5, 0.6) is 5.75 Å². The average Bonchev–Trinajstić information content (AvgIpc) is 3.48. The van der Waals surface area contributed by atoms with E-state index in [0.717, 1.165) is 37.7 Å². The van der Waals surface area contributed by atoms with Crippen molar-refractivity contribution >= 4 is 23.2 Å². The molecule has 7 heteroatoms. The molecule has 0 spiro atoms. The van der Waals surface area contributed by atoms with E-state index >= 15 is 0 Å². The van der Waals surface area contributed by atoms with Gasteiger partial charge in [0.1, 0.15) is 18.2 Å². The topological polar surface area (TPSA) is 49.9 Å². The van der Waals surface area contributed by atoms with E-state index in [4.69, 9.17) is 4.74 Å². The van der Waals surface area contributed by atoms with Crippen molar-refractivity contribution in [3.05, 3.63) is 52.0 Å². The lowest BCUT2D eigenvalue weighted by atomic mass is 10.00. The molecule has 2 aliphatic rings. The Labute approximate surface area is 199 Å². The summed E-state index contributed by atoms with van der Waals surface area (Å²) in [5, 5.41) is 2.04. The van der Waals surface area contributed by atoms with Crippen LogP contribution in [0.15, 0.2) is 35.7 Å². The summed E-state index contributed by atoms with van der Waals surface area (Å²) in [7, 11) is 0. The fraction of sp³-hybridized carbons (Fsp3) is 0.538. The van der Waals surface area contributed by atoms with Gasteiger partial charge >= 0.3 is 0 Å². The first-order chi connectivity index (χ1) is 15.9. The molecule has 178 valence electrons. The van der Waals surface area contributed by atoms with Crippen LogP contribution in [0.1, 0.15) is 56.0 Å². The summed E-state index contributed by atoms with van der Waals surface area (Å²) < 4.78 is 19.5. The van der Waals surface area contributed by atoms with Crippen molar-refractivity contribution in [2.24, 2.45) is 11.8 Å². The molecule has 1 aliphatic carbocycles. The smallest absolute Gasteiger partial charge is 0.242 e. The lowest BCUT2D eigenvalue weighted by Crippen LogP contribution is -2.49. The molecule has 4 rings (SSSR count). The normalized spacial score (nSPS) is 18.4. The average molecular weight is 473 g/mol. The highest BCUT2D eigenvalue weighted by Crippen LogP contribution is 2.34. The minimum atomic E-state index is -0.352. The summed E-state index contributed by atoms with van der Waals surface area (Å²) in [6, 6.07) is 7.87. The fourth-order valence-corrected chi connectivity index (χ4v) is 5.89. The van der Waals surface area contributed by atoms with Crippen LogP contribution in [0.25, 0.3) is 0 Å². The van der Waals surface area contributed by atoms with Gasteiger partial charge in [-0.25, -0.2) is 4.39 Å². The van der Waals surface area contributed by atoms with E-state index in [2.05, 4.69) is 19.9 Å². The highest BCUT2D eigenvalue weighted by atomic mass is 32.1. The molecule has 1 unspecified atom stereocenters. The second-order valence-electron chi connectivity index (χ2n) is 9.51. The van der Waals surface area contributed by atoms with Crippen LogP contribution in [-0.2, 0) is 16.0 Å². The zero-order valence-corrected chi connectivity index (χ0v) is 20.3. The Kier molecular flexibility index (Phi) is 7.68. The van der Waals surface area contributed by atoms with Crippen molar-refractivity contribution in [2.45, 2.75) is 52.0 Å². The molecule has 2 aromatic rings. The van der Waals surface area contributed by atoms with Gasteiger partial charge in [0.25, 0.3) is 0 Å². The third-order valence-electron chi connectivity index (χ3n) is 6.55. The minimum absolute atomic E-state index is 0.0494. The molecule has 1 aliphatic heterocycles. The highest BCUT2D eigenvalue weighted by molar-refractivity contribution is 7.10. The van der Waals surface area contributed by atoms with Gasteiger partial charge in [-0.3, -0.25) is 9.59 Å². The third kappa shape index (κ3) is 5.75. The molecule has 2 heterocycles. The van der Waals surface area contributed by atoms with E-state index in [1.165, 1.54) is 17.0 Å². The Morgan fingerprint density at radius 3 is 2.76 bits per heavy atom. The SMILES string of the molecule is CC(C)CN(CC(=O)N1CCc2sccc2C1COc1cccc(F)c1)C(=O)C1CCCC1. The van der Waals surface area contributed by atoms with Gasteiger partial charge in [0.05, 0.1) is 12.6 Å². The maximum absolute atomic E-state index is 13.6. The quantitative estimate of drug-likeness (QED) is 0.539. The molecule has 1 aromatic heterocycles. The maximum atomic E-state index is 13.6. The van der Waals surface area contributed by atoms with Crippen LogP contribution in [0, 0.1) is 17.7 Å². The van der Waals surface area contributed by atoms with Gasteiger partial charge in [-0.15, -0.1) is 11.3 Å². The van der Waals surface area contributed by atoms with Crippen molar-refractivity contribution in [3.63, 3.8) is 0 Å². The second kappa shape index (κ2) is 10.7. The minimum Gasteiger partial charge on any atom is -0.491 e. The molecule has 0 N–H and O–H groups in total. The number of hydrogen-bond donors (Lipinski definition) is 0. The fourth-order valence-electron chi connectivity index (χ4n) is 4.96. The van der Waals surface area contributed by atoms with E-state index in [9.17, 15) is 14.0 Å². The van der Waals surface area contributed by atoms with Crippen molar-refractivity contribution < 1.29 is 18.7 Å². The predicted molar refractivity (Wildman–Crippen MR) is 128 cm³/mol. The Balaban J connectivity index is 1.50. The molecule has 2 amide bonds. The molecule has 5 nitrogen and oxygen atoms in total. The highest BCUT2D eigenvalue weighted by Gasteiger charge is 2.35. The number of halogens is 1. The van der Waals surface area contributed by atoms with E-state index in [1.54, 1.807) is 28.4 Å². The van der Waals surface area contributed by atoms with Gasteiger partial charge in [0, 0.05) is 30.0 Å². The van der Waals surface area contributed by atoms with E-state index in [1.807, 2.05) is 10.3 Å². The monoisotopic (exact) mass is 472 g/mol. The Morgan fingerprint density at radius 2 is 2.03 bits per heavy atom. The number of hydrogen-bond acceptors (Lipinski definition) is 4. The molecule has 1 aromatic carbocycles. The summed E-state index contributed by atoms with van der Waals surface area (Å²) in [6.45, 7) is 5.68. The lowest BCUT2D eigenvalue weighted by molar-refractivity contribution is -0.145. The first-order valence-electron chi connectivity index (χ1n) is 11.9. The zero-order valence-electron chi connectivity index (χ0n) is 19.5. The van der Waals surface area contributed by atoms with Gasteiger partial charge in [-0.2, -0.15) is 0 Å². The molecule has 0 bridgehead atoms. The number of carbonyl (C=O) groups excluding carboxylic acids is 2. The van der Waals surface area contributed by atoms with Crippen LogP contribution in [0.3, 0.4) is 0 Å². The van der Waals surface area contributed by atoms with Crippen LogP contribution < -0.4 is 4.74 Å². The van der Waals surface area contributed by atoms with Crippen LogP contribution in [-0.4, -0.2) is 47.9 Å². The molecular formula is C26H33FN2O3S. The molecule has 1 saturated carbocycles. The Morgan fingerprint density at radius 1 is 1.24 bits per heavy atom. The summed E-state index contributed by atoms with van der Waals surface area (Å²) in [6.07, 6.45) is 4.83. The number of fused-ring (bicyclic) bond motifs is 1. The molecule has 0 radical (unpaired) electrons. The number of rotatable bonds is 8. The van der Waals surface area contributed by atoms with Crippen LogP contribution >= 0.6 is 11.3 Å². The summed E-state index contributed by atoms with van der Waals surface area (Å²) in [5.41, 5.74) is 1.09. The molecular weight excluding hydrogens is 439 g/mol. The van der Waals surface area contributed by atoms with Crippen molar-refractivity contribution in [3.8, 4) is 5.75 Å². The van der Waals surface area contributed by atoms with E-state index < -0.39 is 0 Å². The largest absolute Gasteiger partial charge is 0.491 e. The summed E-state index contributed by atoms with van der Waals surface area (Å²) >= 11 is 1.69. The van der Waals surface area contributed by atoms with Crippen LogP contribution in [0.4, 0.5) is 4.39 Å². The first kappa shape index (κ1) is 23.7. The zero-order chi connectivity index (χ0) is 23.4. The molecule has 1 atom stereocenters. The molecule has 33 heavy (non-hydrogen) atoms. The maximum Gasteiger partial charge on any atom is 0.242 e. The van der Waals surface area contributed by atoms with Gasteiger partial charge in [-0.05, 0) is 54.3 Å². The standard InChI is InChI=1S/C26H33FN2O3S/c1-18(2)15-28(26(31)19-6-3-4-7-19)16-25(30)29-12-10-24-22(11-13-33-24)23(29)17-32-21-9-5-8-20(27)14-21/h5,8-9,11,13-14,18-19,23H,3-4,6-7,10,12,15-17H2,1-2H3. The number of amides is 2. The van der Waals surface area contributed by atoms with Gasteiger partial charge in [-0.1, -0.05) is 32.8 Å². The van der Waals surface area contributed by atoms with Crippen molar-refractivity contribution in [1.29, 1.82) is 0 Å². The lowest BCUT2D eigenvalue weighted by Gasteiger charge is -2.37. The van der Waals surface area contributed by atoms with Gasteiger partial charge in [0.2, 0.25) is 11.8 Å². The van der Waals surface area contributed by atoms with Crippen molar-refractivity contribution in [1.82, 2.24) is 9.80 Å². The Bertz CT molecular complexity index is 970. The Hall–Kier alpha value is -2.41. The first-order valence-corrected chi connectivity index (χ1v) is 12.8. The second-order valence-corrected chi connectivity index (χ2v) is 10.5. The predicted octanol–water partition coefficient (Wildman–Crippen LogP) is 5.07. The van der Waals surface area contributed by atoms with E-state index in [0.29, 0.717) is 24.8 Å².